The van der Waals surface area contributed by atoms with E-state index in [-0.39, 0.29) is 5.54 Å². The van der Waals surface area contributed by atoms with E-state index in [0.29, 0.717) is 0 Å². The van der Waals surface area contributed by atoms with Gasteiger partial charge in [-0.1, -0.05) is 13.8 Å². The van der Waals surface area contributed by atoms with Crippen molar-refractivity contribution in [3.05, 3.63) is 9.98 Å². The van der Waals surface area contributed by atoms with Crippen molar-refractivity contribution in [3.8, 4) is 0 Å². The number of nitrogens with zero attached hydrogens (tertiary/aromatic N) is 1. The van der Waals surface area contributed by atoms with Gasteiger partial charge in [0.15, 0.2) is 5.13 Å². The predicted octanol–water partition coefficient (Wildman–Crippen LogP) is 3.90. The summed E-state index contributed by atoms with van der Waals surface area (Å²) in [7, 11) is 0. The summed E-state index contributed by atoms with van der Waals surface area (Å²) in [6.07, 6.45) is 2.22. The molecule has 74 valence electrons. The van der Waals surface area contributed by atoms with Gasteiger partial charge in [0.25, 0.3) is 0 Å². The molecule has 13 heavy (non-hydrogen) atoms. The summed E-state index contributed by atoms with van der Waals surface area (Å²) in [4.78, 5) is 4.32. The zero-order valence-electron chi connectivity index (χ0n) is 8.22. The van der Waals surface area contributed by atoms with Crippen molar-refractivity contribution in [2.75, 3.05) is 5.32 Å². The molecule has 0 unspecified atom stereocenters. The summed E-state index contributed by atoms with van der Waals surface area (Å²) in [6, 6.07) is 0. The minimum atomic E-state index is 0.178. The molecule has 1 aromatic heterocycles. The Balaban J connectivity index is 2.67. The van der Waals surface area contributed by atoms with Crippen LogP contribution in [0, 0.1) is 0 Å². The highest BCUT2D eigenvalue weighted by atomic mass is 79.9. The Morgan fingerprint density at radius 1 is 1.54 bits per heavy atom. The first-order valence-electron chi connectivity index (χ1n) is 4.49. The van der Waals surface area contributed by atoms with Crippen LogP contribution in [0.3, 0.4) is 0 Å². The number of hydrogen-bond donors (Lipinski definition) is 1. The van der Waals surface area contributed by atoms with Gasteiger partial charge in [0.2, 0.25) is 0 Å². The van der Waals surface area contributed by atoms with Crippen LogP contribution in [0.15, 0.2) is 9.98 Å². The molecule has 1 aromatic rings. The molecule has 4 heteroatoms. The molecule has 0 amide bonds. The highest BCUT2D eigenvalue weighted by Gasteiger charge is 2.19. The van der Waals surface area contributed by atoms with Crippen LogP contribution in [-0.2, 0) is 0 Å². The quantitative estimate of drug-likeness (QED) is 0.891. The molecule has 0 aromatic carbocycles. The van der Waals surface area contributed by atoms with Crippen molar-refractivity contribution in [2.24, 2.45) is 0 Å². The normalized spacial score (nSPS) is 11.7. The number of rotatable bonds is 4. The number of anilines is 1. The minimum Gasteiger partial charge on any atom is -0.356 e. The predicted molar refractivity (Wildman–Crippen MR) is 62.4 cm³/mol. The van der Waals surface area contributed by atoms with Crippen LogP contribution in [0.25, 0.3) is 0 Å². The molecule has 0 bridgehead atoms. The molecule has 2 nitrogen and oxygen atoms in total. The first-order chi connectivity index (χ1) is 6.09. The van der Waals surface area contributed by atoms with Crippen LogP contribution in [0.2, 0.25) is 0 Å². The van der Waals surface area contributed by atoms with Gasteiger partial charge in [0, 0.05) is 10.9 Å². The maximum Gasteiger partial charge on any atom is 0.184 e. The molecule has 0 atom stereocenters. The highest BCUT2D eigenvalue weighted by Crippen LogP contribution is 2.25. The van der Waals surface area contributed by atoms with Crippen molar-refractivity contribution in [1.82, 2.24) is 4.98 Å². The lowest BCUT2D eigenvalue weighted by Gasteiger charge is -2.27. The third kappa shape index (κ3) is 2.95. The van der Waals surface area contributed by atoms with E-state index in [4.69, 9.17) is 0 Å². The number of hydrogen-bond acceptors (Lipinski definition) is 3. The van der Waals surface area contributed by atoms with Gasteiger partial charge in [0.1, 0.15) is 4.60 Å². The zero-order valence-corrected chi connectivity index (χ0v) is 10.6. The van der Waals surface area contributed by atoms with Gasteiger partial charge in [-0.15, -0.1) is 11.3 Å². The first kappa shape index (κ1) is 11.0. The van der Waals surface area contributed by atoms with E-state index in [1.807, 2.05) is 5.38 Å². The van der Waals surface area contributed by atoms with Gasteiger partial charge >= 0.3 is 0 Å². The molecule has 0 radical (unpaired) electrons. The Morgan fingerprint density at radius 3 is 2.54 bits per heavy atom. The van der Waals surface area contributed by atoms with Gasteiger partial charge in [-0.25, -0.2) is 4.98 Å². The second-order valence-corrected chi connectivity index (χ2v) is 5.04. The maximum absolute atomic E-state index is 4.32. The summed E-state index contributed by atoms with van der Waals surface area (Å²) in [6.45, 7) is 6.61. The van der Waals surface area contributed by atoms with E-state index < -0.39 is 0 Å². The van der Waals surface area contributed by atoms with Crippen LogP contribution < -0.4 is 5.32 Å². The minimum absolute atomic E-state index is 0.178. The molecule has 1 rings (SSSR count). The Kier molecular flexibility index (Phi) is 3.74. The lowest BCUT2D eigenvalue weighted by molar-refractivity contribution is 0.478. The average Bonchev–Trinajstić information content (AvgIpc) is 2.51. The average molecular weight is 263 g/mol. The van der Waals surface area contributed by atoms with Crippen molar-refractivity contribution in [3.63, 3.8) is 0 Å². The Bertz CT molecular complexity index is 268. The molecule has 0 saturated heterocycles. The molecule has 0 aliphatic rings. The number of nitrogens with one attached hydrogen (secondary N) is 1. The number of halogens is 1. The van der Waals surface area contributed by atoms with Gasteiger partial charge in [-0.3, -0.25) is 0 Å². The van der Waals surface area contributed by atoms with Crippen LogP contribution in [0.5, 0.6) is 0 Å². The van der Waals surface area contributed by atoms with Crippen LogP contribution >= 0.6 is 27.3 Å². The number of aromatic nitrogens is 1. The van der Waals surface area contributed by atoms with Crippen LogP contribution in [0.4, 0.5) is 5.13 Å². The van der Waals surface area contributed by atoms with E-state index in [2.05, 4.69) is 47.0 Å². The van der Waals surface area contributed by atoms with Crippen LogP contribution in [0.1, 0.15) is 33.6 Å². The largest absolute Gasteiger partial charge is 0.356 e. The molecule has 0 aliphatic heterocycles. The van der Waals surface area contributed by atoms with Gasteiger partial charge < -0.3 is 5.32 Å². The summed E-state index contributed by atoms with van der Waals surface area (Å²) in [5.41, 5.74) is 0.178. The van der Waals surface area contributed by atoms with Crippen LogP contribution in [-0.4, -0.2) is 10.5 Å². The monoisotopic (exact) mass is 262 g/mol. The molecular weight excluding hydrogens is 248 g/mol. The van der Waals surface area contributed by atoms with E-state index in [0.717, 1.165) is 22.6 Å². The zero-order chi connectivity index (χ0) is 9.90. The topological polar surface area (TPSA) is 24.9 Å². The Labute approximate surface area is 91.9 Å². The fourth-order valence-electron chi connectivity index (χ4n) is 0.997. The van der Waals surface area contributed by atoms with E-state index in [1.54, 1.807) is 11.3 Å². The van der Waals surface area contributed by atoms with Gasteiger partial charge in [-0.2, -0.15) is 0 Å². The molecule has 0 saturated carbocycles. The van der Waals surface area contributed by atoms with Gasteiger partial charge in [-0.05, 0) is 35.7 Å². The SMILES string of the molecule is CCC(C)(CC)Nc1nc(Br)cs1. The molecule has 0 fully saturated rings. The molecule has 1 N–H and O–H groups in total. The van der Waals surface area contributed by atoms with Crippen molar-refractivity contribution in [1.29, 1.82) is 0 Å². The molecule has 0 spiro atoms. The first-order valence-corrected chi connectivity index (χ1v) is 6.16. The van der Waals surface area contributed by atoms with E-state index in [9.17, 15) is 0 Å². The van der Waals surface area contributed by atoms with E-state index >= 15 is 0 Å². The fraction of sp³-hybridized carbons (Fsp3) is 0.667. The molecule has 1 heterocycles. The highest BCUT2D eigenvalue weighted by molar-refractivity contribution is 9.10. The summed E-state index contributed by atoms with van der Waals surface area (Å²) >= 11 is 4.98. The van der Waals surface area contributed by atoms with Crippen molar-refractivity contribution in [2.45, 2.75) is 39.2 Å². The Hall–Kier alpha value is -0.0900. The molecular formula is C9H15BrN2S. The summed E-state index contributed by atoms with van der Waals surface area (Å²) < 4.78 is 0.912. The lowest BCUT2D eigenvalue weighted by atomic mass is 9.96. The second-order valence-electron chi connectivity index (χ2n) is 3.37. The smallest absolute Gasteiger partial charge is 0.184 e. The standard InChI is InChI=1S/C9H15BrN2S/c1-4-9(3,5-2)12-8-11-7(10)6-13-8/h6H,4-5H2,1-3H3,(H,11,12). The second kappa shape index (κ2) is 4.42. The third-order valence-corrected chi connectivity index (χ3v) is 3.91. The fourth-order valence-corrected chi connectivity index (χ4v) is 2.29. The van der Waals surface area contributed by atoms with Gasteiger partial charge in [0.05, 0.1) is 0 Å². The molecule has 0 aliphatic carbocycles. The third-order valence-electron chi connectivity index (χ3n) is 2.45. The van der Waals surface area contributed by atoms with E-state index in [1.165, 1.54) is 0 Å². The number of thiazole rings is 1. The maximum atomic E-state index is 4.32. The summed E-state index contributed by atoms with van der Waals surface area (Å²) in [5.74, 6) is 0. The van der Waals surface area contributed by atoms with Crippen molar-refractivity contribution >= 4 is 32.4 Å². The lowest BCUT2D eigenvalue weighted by Crippen LogP contribution is -2.32. The summed E-state index contributed by atoms with van der Waals surface area (Å²) in [5, 5.41) is 6.45. The van der Waals surface area contributed by atoms with Crippen molar-refractivity contribution < 1.29 is 0 Å². The Morgan fingerprint density at radius 2 is 2.15 bits per heavy atom.